The lowest BCUT2D eigenvalue weighted by molar-refractivity contribution is 0.0809. The van der Waals surface area contributed by atoms with Crippen molar-refractivity contribution in [3.63, 3.8) is 0 Å². The van der Waals surface area contributed by atoms with Crippen LogP contribution in [0.5, 0.6) is 0 Å². The molecule has 0 atom stereocenters. The van der Waals surface area contributed by atoms with E-state index in [-0.39, 0.29) is 11.2 Å². The smallest absolute Gasteiger partial charge is 0.170 e. The van der Waals surface area contributed by atoms with Gasteiger partial charge in [0.05, 0.1) is 34.8 Å². The zero-order valence-electron chi connectivity index (χ0n) is 20.8. The maximum atomic E-state index is 12.8. The zero-order chi connectivity index (χ0) is 25.6. The third kappa shape index (κ3) is 4.31. The Kier molecular flexibility index (Phi) is 5.45. The van der Waals surface area contributed by atoms with Crippen molar-refractivity contribution in [3.05, 3.63) is 103 Å². The molecule has 37 heavy (non-hydrogen) atoms. The van der Waals surface area contributed by atoms with Gasteiger partial charge in [-0.1, -0.05) is 56.3 Å². The van der Waals surface area contributed by atoms with Gasteiger partial charge in [0.15, 0.2) is 5.78 Å². The van der Waals surface area contributed by atoms with Crippen molar-refractivity contribution in [3.8, 4) is 39.6 Å². The predicted octanol–water partition coefficient (Wildman–Crippen LogP) is 6.40. The topological polar surface area (TPSA) is 86.7 Å². The van der Waals surface area contributed by atoms with Crippen molar-refractivity contribution in [2.75, 3.05) is 5.73 Å². The van der Waals surface area contributed by atoms with Gasteiger partial charge in [-0.2, -0.15) is 0 Å². The number of aryl methyl sites for hydroxylation is 1. The molecule has 0 saturated carbocycles. The lowest BCUT2D eigenvalue weighted by Gasteiger charge is -2.28. The Morgan fingerprint density at radius 2 is 1.57 bits per heavy atom. The maximum absolute atomic E-state index is 12.8. The lowest BCUT2D eigenvalue weighted by Crippen LogP contribution is -2.31. The molecular weight excluding hydrogens is 458 g/mol. The normalized spacial score (nSPS) is 14.4. The number of aromatic nitrogens is 4. The molecule has 1 aliphatic rings. The minimum atomic E-state index is -0.337. The fourth-order valence-electron chi connectivity index (χ4n) is 4.81. The van der Waals surface area contributed by atoms with Gasteiger partial charge in [0.1, 0.15) is 5.69 Å². The second-order valence-corrected chi connectivity index (χ2v) is 10.2. The molecule has 0 saturated heterocycles. The van der Waals surface area contributed by atoms with E-state index in [1.54, 1.807) is 6.33 Å². The number of imidazole rings is 1. The number of Topliss-reactive ketones (excluding diaryl/α,β-unsaturated/α-hetero) is 1. The molecule has 6 nitrogen and oxygen atoms in total. The first-order valence-corrected chi connectivity index (χ1v) is 12.4. The van der Waals surface area contributed by atoms with Gasteiger partial charge in [0.25, 0.3) is 0 Å². The Morgan fingerprint density at radius 1 is 0.811 bits per heavy atom. The van der Waals surface area contributed by atoms with Gasteiger partial charge in [-0.05, 0) is 49.2 Å². The summed E-state index contributed by atoms with van der Waals surface area (Å²) in [4.78, 5) is 27.2. The SMILES string of the molecule is CC1(C)CCc2nc(-c3cn(-c4cc(-c5ccccc5)nc(-c5cccc(N)c5)c4)cn3)ccc2C1=O. The summed E-state index contributed by atoms with van der Waals surface area (Å²) < 4.78 is 1.98. The summed E-state index contributed by atoms with van der Waals surface area (Å²) >= 11 is 0. The first kappa shape index (κ1) is 22.9. The van der Waals surface area contributed by atoms with E-state index in [1.165, 1.54) is 0 Å². The van der Waals surface area contributed by atoms with Gasteiger partial charge in [-0.25, -0.2) is 9.97 Å². The molecule has 3 heterocycles. The monoisotopic (exact) mass is 485 g/mol. The molecule has 0 spiro atoms. The maximum Gasteiger partial charge on any atom is 0.170 e. The number of ketones is 1. The summed E-state index contributed by atoms with van der Waals surface area (Å²) in [5.74, 6) is 0.164. The Morgan fingerprint density at radius 3 is 2.35 bits per heavy atom. The van der Waals surface area contributed by atoms with Crippen molar-refractivity contribution in [2.24, 2.45) is 5.41 Å². The molecule has 3 aromatic heterocycles. The van der Waals surface area contributed by atoms with Crippen LogP contribution >= 0.6 is 0 Å². The molecular formula is C31H27N5O. The van der Waals surface area contributed by atoms with Crippen LogP contribution in [0.1, 0.15) is 36.3 Å². The number of nitrogens with zero attached hydrogens (tertiary/aromatic N) is 4. The van der Waals surface area contributed by atoms with Crippen LogP contribution in [0.15, 0.2) is 91.4 Å². The molecule has 0 bridgehead atoms. The van der Waals surface area contributed by atoms with E-state index in [1.807, 2.05) is 97.4 Å². The van der Waals surface area contributed by atoms with E-state index in [0.29, 0.717) is 5.69 Å². The largest absolute Gasteiger partial charge is 0.399 e. The van der Waals surface area contributed by atoms with E-state index in [4.69, 9.17) is 15.7 Å². The highest BCUT2D eigenvalue weighted by Gasteiger charge is 2.35. The average molecular weight is 486 g/mol. The van der Waals surface area contributed by atoms with Gasteiger partial charge >= 0.3 is 0 Å². The standard InChI is InChI=1S/C31H27N5O/c1-31(2)14-13-25-24(30(31)37)11-12-26(34-25)29-18-36(19-33-29)23-16-27(20-7-4-3-5-8-20)35-28(17-23)21-9-6-10-22(32)15-21/h3-12,15-19H,13-14,32H2,1-2H3. The number of anilines is 1. The summed E-state index contributed by atoms with van der Waals surface area (Å²) in [6.45, 7) is 4.01. The molecule has 0 aliphatic heterocycles. The second kappa shape index (κ2) is 8.82. The third-order valence-electron chi connectivity index (χ3n) is 7.03. The number of fused-ring (bicyclic) bond motifs is 1. The van der Waals surface area contributed by atoms with E-state index < -0.39 is 0 Å². The number of pyridine rings is 2. The third-order valence-corrected chi connectivity index (χ3v) is 7.03. The highest BCUT2D eigenvalue weighted by atomic mass is 16.1. The molecule has 5 aromatic rings. The quantitative estimate of drug-likeness (QED) is 0.298. The van der Waals surface area contributed by atoms with Crippen molar-refractivity contribution < 1.29 is 4.79 Å². The van der Waals surface area contributed by atoms with E-state index in [9.17, 15) is 4.79 Å². The minimum Gasteiger partial charge on any atom is -0.399 e. The van der Waals surface area contributed by atoms with E-state index >= 15 is 0 Å². The first-order valence-electron chi connectivity index (χ1n) is 12.4. The van der Waals surface area contributed by atoms with Crippen LogP contribution in [0.25, 0.3) is 39.6 Å². The Hall–Kier alpha value is -4.58. The van der Waals surface area contributed by atoms with Gasteiger partial charge in [0.2, 0.25) is 0 Å². The molecule has 0 fully saturated rings. The van der Waals surface area contributed by atoms with Crippen LogP contribution < -0.4 is 5.73 Å². The number of hydrogen-bond acceptors (Lipinski definition) is 5. The van der Waals surface area contributed by atoms with Crippen LogP contribution in [0.2, 0.25) is 0 Å². The Bertz CT molecular complexity index is 1640. The van der Waals surface area contributed by atoms with Gasteiger partial charge < -0.3 is 10.3 Å². The van der Waals surface area contributed by atoms with Crippen LogP contribution in [-0.2, 0) is 6.42 Å². The highest BCUT2D eigenvalue weighted by Crippen LogP contribution is 2.35. The predicted molar refractivity (Wildman–Crippen MR) is 146 cm³/mol. The molecule has 0 unspecified atom stereocenters. The number of hydrogen-bond donors (Lipinski definition) is 1. The van der Waals surface area contributed by atoms with Crippen LogP contribution in [0, 0.1) is 5.41 Å². The number of rotatable bonds is 4. The van der Waals surface area contributed by atoms with Crippen molar-refractivity contribution in [1.82, 2.24) is 19.5 Å². The number of benzene rings is 2. The molecule has 6 rings (SSSR count). The second-order valence-electron chi connectivity index (χ2n) is 10.2. The summed E-state index contributed by atoms with van der Waals surface area (Å²) in [6, 6.07) is 25.7. The van der Waals surface area contributed by atoms with Crippen LogP contribution in [0.4, 0.5) is 5.69 Å². The van der Waals surface area contributed by atoms with Gasteiger partial charge in [0, 0.05) is 34.0 Å². The van der Waals surface area contributed by atoms with Crippen LogP contribution in [0.3, 0.4) is 0 Å². The van der Waals surface area contributed by atoms with E-state index in [2.05, 4.69) is 11.1 Å². The number of nitrogen functional groups attached to an aromatic ring is 1. The minimum absolute atomic E-state index is 0.164. The molecule has 2 N–H and O–H groups in total. The van der Waals surface area contributed by atoms with Crippen LogP contribution in [-0.4, -0.2) is 25.3 Å². The van der Waals surface area contributed by atoms with E-state index in [0.717, 1.165) is 63.7 Å². The summed E-state index contributed by atoms with van der Waals surface area (Å²) in [7, 11) is 0. The number of carbonyl (C=O) groups is 1. The molecule has 0 radical (unpaired) electrons. The summed E-state index contributed by atoms with van der Waals surface area (Å²) in [5, 5.41) is 0. The zero-order valence-corrected chi connectivity index (χ0v) is 20.8. The fraction of sp³-hybridized carbons (Fsp3) is 0.161. The Labute approximate surface area is 215 Å². The van der Waals surface area contributed by atoms with Crippen molar-refractivity contribution >= 4 is 11.5 Å². The Balaban J connectivity index is 1.41. The summed E-state index contributed by atoms with van der Waals surface area (Å²) in [5.41, 5.74) is 14.1. The van der Waals surface area contributed by atoms with Crippen molar-refractivity contribution in [1.29, 1.82) is 0 Å². The molecule has 6 heteroatoms. The number of nitrogens with two attached hydrogens (primary N) is 1. The lowest BCUT2D eigenvalue weighted by atomic mass is 9.75. The average Bonchev–Trinajstić information content (AvgIpc) is 3.42. The first-order chi connectivity index (χ1) is 17.9. The summed E-state index contributed by atoms with van der Waals surface area (Å²) in [6.07, 6.45) is 5.35. The molecule has 2 aromatic carbocycles. The van der Waals surface area contributed by atoms with Crippen molar-refractivity contribution in [2.45, 2.75) is 26.7 Å². The fourth-order valence-corrected chi connectivity index (χ4v) is 4.81. The molecule has 1 aliphatic carbocycles. The highest BCUT2D eigenvalue weighted by molar-refractivity contribution is 6.02. The van der Waals surface area contributed by atoms with Gasteiger partial charge in [-0.15, -0.1) is 0 Å². The van der Waals surface area contributed by atoms with Gasteiger partial charge in [-0.3, -0.25) is 9.78 Å². The molecule has 0 amide bonds. The molecule has 182 valence electrons. The number of carbonyl (C=O) groups excluding carboxylic acids is 1.